The topological polar surface area (TPSA) is 95.6 Å². The number of carbonyl (C=O) groups is 2. The number of nitrogens with one attached hydrogen (secondary N) is 2. The molecule has 2 amide bonds. The molecule has 4 aromatic carbocycles. The third-order valence-electron chi connectivity index (χ3n) is 7.01. The number of benzene rings is 4. The van der Waals surface area contributed by atoms with Gasteiger partial charge < -0.3 is 10.2 Å². The first kappa shape index (κ1) is 25.5. The molecule has 0 atom stereocenters. The van der Waals surface area contributed by atoms with E-state index in [1.54, 1.807) is 59.5 Å². The summed E-state index contributed by atoms with van der Waals surface area (Å²) in [7, 11) is -3.99. The van der Waals surface area contributed by atoms with Gasteiger partial charge in [0.25, 0.3) is 15.9 Å². The fourth-order valence-corrected chi connectivity index (χ4v) is 6.34. The molecule has 0 radical (unpaired) electrons. The minimum atomic E-state index is -3.99. The van der Waals surface area contributed by atoms with E-state index < -0.39 is 10.0 Å². The molecule has 0 saturated heterocycles. The summed E-state index contributed by atoms with van der Waals surface area (Å²) in [5.41, 5.74) is 3.76. The lowest BCUT2D eigenvalue weighted by Crippen LogP contribution is -2.32. The van der Waals surface area contributed by atoms with Crippen molar-refractivity contribution in [3.05, 3.63) is 95.6 Å². The van der Waals surface area contributed by atoms with Crippen molar-refractivity contribution >= 4 is 49.7 Å². The van der Waals surface area contributed by atoms with Crippen LogP contribution >= 0.6 is 0 Å². The van der Waals surface area contributed by atoms with E-state index >= 15 is 0 Å². The quantitative estimate of drug-likeness (QED) is 0.341. The van der Waals surface area contributed by atoms with Crippen molar-refractivity contribution in [2.45, 2.75) is 38.0 Å². The van der Waals surface area contributed by atoms with Gasteiger partial charge >= 0.3 is 0 Å². The molecule has 0 bridgehead atoms. The molecule has 0 aliphatic carbocycles. The van der Waals surface area contributed by atoms with E-state index in [0.29, 0.717) is 39.9 Å². The van der Waals surface area contributed by atoms with Crippen LogP contribution in [-0.4, -0.2) is 26.8 Å². The summed E-state index contributed by atoms with van der Waals surface area (Å²) in [5.74, 6) is -0.357. The molecule has 8 heteroatoms. The van der Waals surface area contributed by atoms with Gasteiger partial charge in [0.05, 0.1) is 10.6 Å². The number of aryl methyl sites for hydroxylation is 1. The highest BCUT2D eigenvalue weighted by atomic mass is 32.2. The molecule has 4 aromatic rings. The summed E-state index contributed by atoms with van der Waals surface area (Å²) in [6, 6.07) is 22.8. The minimum absolute atomic E-state index is 0.0891. The van der Waals surface area contributed by atoms with Crippen LogP contribution in [0.25, 0.3) is 10.8 Å². The molecule has 0 unspecified atom stereocenters. The highest BCUT2D eigenvalue weighted by molar-refractivity contribution is 7.93. The fraction of sp³-hybridized carbons (Fsp3) is 0.200. The van der Waals surface area contributed by atoms with Gasteiger partial charge in [-0.2, -0.15) is 0 Å². The van der Waals surface area contributed by atoms with Crippen LogP contribution in [0, 0.1) is 6.92 Å². The molecular weight excluding hydrogens is 498 g/mol. The van der Waals surface area contributed by atoms with E-state index in [9.17, 15) is 18.0 Å². The number of nitrogens with zero attached hydrogens (tertiary/aromatic N) is 1. The van der Waals surface area contributed by atoms with E-state index in [4.69, 9.17) is 0 Å². The highest BCUT2D eigenvalue weighted by Crippen LogP contribution is 2.42. The highest BCUT2D eigenvalue weighted by Gasteiger charge is 2.37. The molecule has 194 valence electrons. The first-order valence-electron chi connectivity index (χ1n) is 12.3. The summed E-state index contributed by atoms with van der Waals surface area (Å²) in [5, 5.41) is 4.02. The Balaban J connectivity index is 1.50. The Bertz CT molecular complexity index is 1710. The van der Waals surface area contributed by atoms with Crippen molar-refractivity contribution in [1.82, 2.24) is 0 Å². The largest absolute Gasteiger partial charge is 0.321 e. The van der Waals surface area contributed by atoms with Crippen LogP contribution in [0.4, 0.5) is 17.1 Å². The second-order valence-corrected chi connectivity index (χ2v) is 11.9. The maximum atomic E-state index is 13.6. The van der Waals surface area contributed by atoms with Gasteiger partial charge in [-0.25, -0.2) is 8.42 Å². The Kier molecular flexibility index (Phi) is 6.23. The van der Waals surface area contributed by atoms with Crippen LogP contribution < -0.4 is 14.9 Å². The van der Waals surface area contributed by atoms with Gasteiger partial charge in [-0.1, -0.05) is 62.4 Å². The van der Waals surface area contributed by atoms with Crippen molar-refractivity contribution in [2.75, 3.05) is 21.5 Å². The Hall–Kier alpha value is -4.17. The van der Waals surface area contributed by atoms with Crippen LogP contribution in [0.15, 0.2) is 83.8 Å². The normalized spacial score (nSPS) is 14.3. The van der Waals surface area contributed by atoms with E-state index in [2.05, 4.69) is 23.9 Å². The Morgan fingerprint density at radius 2 is 1.58 bits per heavy atom. The number of hydrogen-bond acceptors (Lipinski definition) is 4. The fourth-order valence-electron chi connectivity index (χ4n) is 5.08. The molecule has 0 saturated carbocycles. The molecule has 7 nitrogen and oxygen atoms in total. The van der Waals surface area contributed by atoms with Gasteiger partial charge in [0.15, 0.2) is 0 Å². The van der Waals surface area contributed by atoms with Crippen molar-refractivity contribution in [3.8, 4) is 0 Å². The standard InChI is InChI=1S/C30H29N3O4S/c1-19-9-5-6-10-22(19)29(35)31-26-15-16-28(24-12-8-7-11-23(24)26)38(36,37)32-21-13-14-25-27(17-21)33(20(2)34)18-30(25,3)4/h5-17,32H,18H2,1-4H3,(H,31,35). The van der Waals surface area contributed by atoms with Crippen LogP contribution in [-0.2, 0) is 20.2 Å². The van der Waals surface area contributed by atoms with Gasteiger partial charge in [0, 0.05) is 46.6 Å². The first-order chi connectivity index (χ1) is 18.0. The lowest BCUT2D eigenvalue weighted by atomic mass is 9.87. The average molecular weight is 528 g/mol. The van der Waals surface area contributed by atoms with Crippen molar-refractivity contribution in [2.24, 2.45) is 0 Å². The SMILES string of the molecule is CC(=O)N1CC(C)(C)c2ccc(NS(=O)(=O)c3ccc(NC(=O)c4ccccc4C)c4ccccc34)cc21. The Morgan fingerprint density at radius 3 is 2.29 bits per heavy atom. The van der Waals surface area contributed by atoms with Crippen LogP contribution in [0.5, 0.6) is 0 Å². The summed E-state index contributed by atoms with van der Waals surface area (Å²) in [6.45, 7) is 8.03. The zero-order chi connectivity index (χ0) is 27.2. The molecule has 1 heterocycles. The second-order valence-electron chi connectivity index (χ2n) is 10.3. The third kappa shape index (κ3) is 4.52. The van der Waals surface area contributed by atoms with Crippen LogP contribution in [0.1, 0.15) is 42.3 Å². The number of anilines is 3. The molecule has 5 rings (SSSR count). The molecule has 1 aliphatic rings. The predicted molar refractivity (Wildman–Crippen MR) is 151 cm³/mol. The summed E-state index contributed by atoms with van der Waals surface area (Å²) in [4.78, 5) is 26.9. The van der Waals surface area contributed by atoms with Gasteiger partial charge in [0.1, 0.15) is 0 Å². The van der Waals surface area contributed by atoms with E-state index in [0.717, 1.165) is 11.1 Å². The van der Waals surface area contributed by atoms with Crippen molar-refractivity contribution in [1.29, 1.82) is 0 Å². The molecule has 38 heavy (non-hydrogen) atoms. The van der Waals surface area contributed by atoms with Crippen molar-refractivity contribution < 1.29 is 18.0 Å². The smallest absolute Gasteiger partial charge is 0.262 e. The number of amides is 2. The minimum Gasteiger partial charge on any atom is -0.321 e. The predicted octanol–water partition coefficient (Wildman–Crippen LogP) is 5.85. The van der Waals surface area contributed by atoms with Gasteiger partial charge in [0.2, 0.25) is 5.91 Å². The van der Waals surface area contributed by atoms with Gasteiger partial charge in [-0.15, -0.1) is 0 Å². The second kappa shape index (κ2) is 9.29. The molecule has 0 aromatic heterocycles. The van der Waals surface area contributed by atoms with E-state index in [1.807, 2.05) is 25.1 Å². The number of rotatable bonds is 5. The molecule has 0 fully saturated rings. The first-order valence-corrected chi connectivity index (χ1v) is 13.8. The van der Waals surface area contributed by atoms with E-state index in [-0.39, 0.29) is 22.1 Å². The number of sulfonamides is 1. The Morgan fingerprint density at radius 1 is 0.895 bits per heavy atom. The number of carbonyl (C=O) groups excluding carboxylic acids is 2. The summed E-state index contributed by atoms with van der Waals surface area (Å²) < 4.78 is 29.8. The summed E-state index contributed by atoms with van der Waals surface area (Å²) in [6.07, 6.45) is 0. The molecule has 2 N–H and O–H groups in total. The van der Waals surface area contributed by atoms with E-state index in [1.165, 1.54) is 13.0 Å². The summed E-state index contributed by atoms with van der Waals surface area (Å²) >= 11 is 0. The maximum Gasteiger partial charge on any atom is 0.262 e. The lowest BCUT2D eigenvalue weighted by Gasteiger charge is -2.19. The van der Waals surface area contributed by atoms with Crippen molar-refractivity contribution in [3.63, 3.8) is 0 Å². The number of hydrogen-bond donors (Lipinski definition) is 2. The molecular formula is C30H29N3O4S. The number of fused-ring (bicyclic) bond motifs is 2. The van der Waals surface area contributed by atoms with Gasteiger partial charge in [-0.05, 0) is 48.4 Å². The Labute approximate surface area is 222 Å². The zero-order valence-electron chi connectivity index (χ0n) is 21.7. The monoisotopic (exact) mass is 527 g/mol. The lowest BCUT2D eigenvalue weighted by molar-refractivity contribution is -0.116. The van der Waals surface area contributed by atoms with Crippen LogP contribution in [0.3, 0.4) is 0 Å². The zero-order valence-corrected chi connectivity index (χ0v) is 22.5. The maximum absolute atomic E-state index is 13.6. The van der Waals surface area contributed by atoms with Gasteiger partial charge in [-0.3, -0.25) is 14.3 Å². The average Bonchev–Trinajstić information content (AvgIpc) is 3.14. The molecule has 1 aliphatic heterocycles. The molecule has 0 spiro atoms. The third-order valence-corrected chi connectivity index (χ3v) is 8.45. The van der Waals surface area contributed by atoms with Crippen LogP contribution in [0.2, 0.25) is 0 Å².